The molecule has 0 radical (unpaired) electrons. The number of hydrogen-bond donors (Lipinski definition) is 2. The molecule has 0 fully saturated rings. The predicted octanol–water partition coefficient (Wildman–Crippen LogP) is 2.26. The third-order valence-corrected chi connectivity index (χ3v) is 3.36. The van der Waals surface area contributed by atoms with E-state index in [0.29, 0.717) is 12.6 Å². The van der Waals surface area contributed by atoms with Crippen molar-refractivity contribution in [1.82, 2.24) is 15.1 Å². The van der Waals surface area contributed by atoms with Crippen LogP contribution in [0.15, 0.2) is 42.7 Å². The van der Waals surface area contributed by atoms with Crippen LogP contribution < -0.4 is 11.1 Å². The van der Waals surface area contributed by atoms with Crippen LogP contribution in [0.2, 0.25) is 0 Å². The molecule has 1 heterocycles. The predicted molar refractivity (Wildman–Crippen MR) is 78.2 cm³/mol. The molecule has 0 bridgehead atoms. The van der Waals surface area contributed by atoms with E-state index in [1.807, 2.05) is 47.4 Å². The van der Waals surface area contributed by atoms with Gasteiger partial charge in [-0.3, -0.25) is 0 Å². The number of nitrogens with one attached hydrogen (secondary N) is 1. The van der Waals surface area contributed by atoms with E-state index in [1.165, 1.54) is 0 Å². The lowest BCUT2D eigenvalue weighted by atomic mass is 10.1. The molecule has 102 valence electrons. The van der Waals surface area contributed by atoms with Crippen molar-refractivity contribution in [2.75, 3.05) is 6.54 Å². The van der Waals surface area contributed by atoms with Crippen LogP contribution in [0.5, 0.6) is 0 Å². The summed E-state index contributed by atoms with van der Waals surface area (Å²) in [5.74, 6) is 0. The smallest absolute Gasteiger partial charge is 0.0645 e. The summed E-state index contributed by atoms with van der Waals surface area (Å²) in [7, 11) is 0. The Bertz CT molecular complexity index is 492. The molecule has 0 aliphatic carbocycles. The molecule has 2 atom stereocenters. The number of para-hydroxylation sites is 1. The van der Waals surface area contributed by atoms with Gasteiger partial charge in [0.15, 0.2) is 0 Å². The van der Waals surface area contributed by atoms with Gasteiger partial charge in [0.25, 0.3) is 0 Å². The quantitative estimate of drug-likeness (QED) is 0.835. The molecule has 2 aromatic rings. The summed E-state index contributed by atoms with van der Waals surface area (Å²) < 4.78 is 1.89. The SMILES string of the molecule is CCC(C)NC(CN)c1cnn(-c2ccccc2)c1. The van der Waals surface area contributed by atoms with Gasteiger partial charge in [0.1, 0.15) is 0 Å². The first kappa shape index (κ1) is 13.8. The second-order valence-electron chi connectivity index (χ2n) is 4.82. The molecule has 0 amide bonds. The van der Waals surface area contributed by atoms with Crippen LogP contribution in [0.3, 0.4) is 0 Å². The molecule has 0 aliphatic rings. The number of nitrogens with zero attached hydrogens (tertiary/aromatic N) is 2. The van der Waals surface area contributed by atoms with Crippen molar-refractivity contribution in [3.8, 4) is 5.69 Å². The van der Waals surface area contributed by atoms with Crippen LogP contribution in [0.4, 0.5) is 0 Å². The summed E-state index contributed by atoms with van der Waals surface area (Å²) in [6.45, 7) is 4.91. The molecule has 2 unspecified atom stereocenters. The first-order valence-corrected chi connectivity index (χ1v) is 6.80. The fraction of sp³-hybridized carbons (Fsp3) is 0.400. The normalized spacial score (nSPS) is 14.3. The molecule has 4 heteroatoms. The summed E-state index contributed by atoms with van der Waals surface area (Å²) in [6, 6.07) is 10.7. The lowest BCUT2D eigenvalue weighted by molar-refractivity contribution is 0.452. The maximum Gasteiger partial charge on any atom is 0.0645 e. The van der Waals surface area contributed by atoms with Gasteiger partial charge in [-0.25, -0.2) is 4.68 Å². The Balaban J connectivity index is 2.15. The van der Waals surface area contributed by atoms with Gasteiger partial charge in [-0.05, 0) is 25.5 Å². The van der Waals surface area contributed by atoms with E-state index in [2.05, 4.69) is 24.3 Å². The first-order valence-electron chi connectivity index (χ1n) is 6.80. The van der Waals surface area contributed by atoms with Gasteiger partial charge in [0, 0.05) is 30.4 Å². The third kappa shape index (κ3) is 3.43. The van der Waals surface area contributed by atoms with Crippen molar-refractivity contribution >= 4 is 0 Å². The molecular formula is C15H22N4. The maximum atomic E-state index is 5.86. The minimum Gasteiger partial charge on any atom is -0.329 e. The number of benzene rings is 1. The highest BCUT2D eigenvalue weighted by atomic mass is 15.3. The maximum absolute atomic E-state index is 5.86. The van der Waals surface area contributed by atoms with Crippen molar-refractivity contribution in [1.29, 1.82) is 0 Å². The molecular weight excluding hydrogens is 236 g/mol. The van der Waals surface area contributed by atoms with Crippen LogP contribution in [0.25, 0.3) is 5.69 Å². The highest BCUT2D eigenvalue weighted by Crippen LogP contribution is 2.15. The van der Waals surface area contributed by atoms with Gasteiger partial charge >= 0.3 is 0 Å². The van der Waals surface area contributed by atoms with Crippen LogP contribution in [-0.2, 0) is 0 Å². The van der Waals surface area contributed by atoms with Crippen molar-refractivity contribution in [3.05, 3.63) is 48.3 Å². The monoisotopic (exact) mass is 258 g/mol. The Kier molecular flexibility index (Phi) is 4.71. The number of rotatable bonds is 6. The van der Waals surface area contributed by atoms with Crippen molar-refractivity contribution < 1.29 is 0 Å². The standard InChI is InChI=1S/C15H22N4/c1-3-12(2)18-15(9-16)13-10-17-19(11-13)14-7-5-4-6-8-14/h4-8,10-12,15,18H,3,9,16H2,1-2H3. The first-order chi connectivity index (χ1) is 9.24. The Labute approximate surface area is 114 Å². The average Bonchev–Trinajstić information content (AvgIpc) is 2.95. The lowest BCUT2D eigenvalue weighted by Gasteiger charge is -2.19. The third-order valence-electron chi connectivity index (χ3n) is 3.36. The Morgan fingerprint density at radius 2 is 2.05 bits per heavy atom. The topological polar surface area (TPSA) is 55.9 Å². The van der Waals surface area contributed by atoms with Crippen LogP contribution in [-0.4, -0.2) is 22.4 Å². The molecule has 2 rings (SSSR count). The largest absolute Gasteiger partial charge is 0.329 e. The minimum atomic E-state index is 0.160. The zero-order valence-corrected chi connectivity index (χ0v) is 11.6. The molecule has 0 saturated carbocycles. The summed E-state index contributed by atoms with van der Waals surface area (Å²) in [5, 5.41) is 7.93. The van der Waals surface area contributed by atoms with Crippen molar-refractivity contribution in [3.63, 3.8) is 0 Å². The van der Waals surface area contributed by atoms with E-state index in [9.17, 15) is 0 Å². The second kappa shape index (κ2) is 6.50. The van der Waals surface area contributed by atoms with Gasteiger partial charge in [0.05, 0.1) is 11.9 Å². The highest BCUT2D eigenvalue weighted by Gasteiger charge is 2.14. The fourth-order valence-electron chi connectivity index (χ4n) is 2.00. The van der Waals surface area contributed by atoms with E-state index >= 15 is 0 Å². The van der Waals surface area contributed by atoms with E-state index in [-0.39, 0.29) is 6.04 Å². The Hall–Kier alpha value is -1.65. The molecule has 3 N–H and O–H groups in total. The van der Waals surface area contributed by atoms with Gasteiger partial charge in [-0.1, -0.05) is 25.1 Å². The van der Waals surface area contributed by atoms with E-state index in [4.69, 9.17) is 5.73 Å². The van der Waals surface area contributed by atoms with Gasteiger partial charge in [-0.2, -0.15) is 5.10 Å². The van der Waals surface area contributed by atoms with Crippen LogP contribution in [0, 0.1) is 0 Å². The van der Waals surface area contributed by atoms with Crippen molar-refractivity contribution in [2.24, 2.45) is 5.73 Å². The lowest BCUT2D eigenvalue weighted by Crippen LogP contribution is -2.34. The van der Waals surface area contributed by atoms with E-state index in [1.54, 1.807) is 0 Å². The second-order valence-corrected chi connectivity index (χ2v) is 4.82. The van der Waals surface area contributed by atoms with Crippen LogP contribution in [0.1, 0.15) is 31.9 Å². The van der Waals surface area contributed by atoms with Crippen molar-refractivity contribution in [2.45, 2.75) is 32.4 Å². The zero-order valence-electron chi connectivity index (χ0n) is 11.6. The molecule has 0 spiro atoms. The number of aromatic nitrogens is 2. The summed E-state index contributed by atoms with van der Waals surface area (Å²) in [6.07, 6.45) is 5.02. The number of hydrogen-bond acceptors (Lipinski definition) is 3. The van der Waals surface area contributed by atoms with E-state index < -0.39 is 0 Å². The molecule has 4 nitrogen and oxygen atoms in total. The summed E-state index contributed by atoms with van der Waals surface area (Å²) in [5.41, 5.74) is 8.05. The molecule has 1 aromatic carbocycles. The molecule has 1 aromatic heterocycles. The molecule has 0 saturated heterocycles. The Morgan fingerprint density at radius 1 is 1.32 bits per heavy atom. The average molecular weight is 258 g/mol. The Morgan fingerprint density at radius 3 is 2.68 bits per heavy atom. The van der Waals surface area contributed by atoms with Gasteiger partial charge in [0.2, 0.25) is 0 Å². The van der Waals surface area contributed by atoms with Crippen LogP contribution >= 0.6 is 0 Å². The fourth-order valence-corrected chi connectivity index (χ4v) is 2.00. The van der Waals surface area contributed by atoms with E-state index in [0.717, 1.165) is 17.7 Å². The highest BCUT2D eigenvalue weighted by molar-refractivity contribution is 5.31. The number of nitrogens with two attached hydrogens (primary N) is 1. The summed E-state index contributed by atoms with van der Waals surface area (Å²) in [4.78, 5) is 0. The van der Waals surface area contributed by atoms with Gasteiger partial charge < -0.3 is 11.1 Å². The summed E-state index contributed by atoms with van der Waals surface area (Å²) >= 11 is 0. The zero-order chi connectivity index (χ0) is 13.7. The van der Waals surface area contributed by atoms with Gasteiger partial charge in [-0.15, -0.1) is 0 Å². The molecule has 0 aliphatic heterocycles. The minimum absolute atomic E-state index is 0.160. The molecule has 19 heavy (non-hydrogen) atoms.